The summed E-state index contributed by atoms with van der Waals surface area (Å²) in [4.78, 5) is 4.11. The molecule has 0 saturated heterocycles. The Bertz CT molecular complexity index is 302. The Hall–Kier alpha value is -0.930. The van der Waals surface area contributed by atoms with E-state index < -0.39 is 0 Å². The van der Waals surface area contributed by atoms with Crippen LogP contribution in [0.25, 0.3) is 0 Å². The summed E-state index contributed by atoms with van der Waals surface area (Å²) in [6.45, 7) is 6.07. The molecule has 0 aliphatic rings. The van der Waals surface area contributed by atoms with Gasteiger partial charge in [-0.25, -0.2) is 0 Å². The third kappa shape index (κ3) is 4.29. The molecule has 1 N–H and O–H groups in total. The molecule has 1 aromatic heterocycles. The highest BCUT2D eigenvalue weighted by molar-refractivity contribution is 5.22. The van der Waals surface area contributed by atoms with E-state index in [-0.39, 0.29) is 0 Å². The Morgan fingerprint density at radius 1 is 1.50 bits per heavy atom. The first-order valence-corrected chi connectivity index (χ1v) is 5.89. The SMILES string of the molecule is CCCNC(COC)Cc1ccncc1C. The second kappa shape index (κ2) is 7.36. The first-order valence-electron chi connectivity index (χ1n) is 5.89. The number of ether oxygens (including phenoxy) is 1. The molecule has 0 aliphatic heterocycles. The number of aromatic nitrogens is 1. The monoisotopic (exact) mass is 222 g/mol. The highest BCUT2D eigenvalue weighted by Crippen LogP contribution is 2.08. The van der Waals surface area contributed by atoms with E-state index in [1.54, 1.807) is 7.11 Å². The normalized spacial score (nSPS) is 12.7. The van der Waals surface area contributed by atoms with Crippen LogP contribution in [-0.4, -0.2) is 31.3 Å². The average Bonchev–Trinajstić information content (AvgIpc) is 2.29. The number of methoxy groups -OCH3 is 1. The molecule has 90 valence electrons. The Kier molecular flexibility index (Phi) is 6.04. The third-order valence-electron chi connectivity index (χ3n) is 2.65. The molecule has 0 spiro atoms. The summed E-state index contributed by atoms with van der Waals surface area (Å²) in [5, 5.41) is 3.50. The quantitative estimate of drug-likeness (QED) is 0.765. The van der Waals surface area contributed by atoms with Crippen LogP contribution in [0.1, 0.15) is 24.5 Å². The summed E-state index contributed by atoms with van der Waals surface area (Å²) in [5.41, 5.74) is 2.60. The number of hydrogen-bond acceptors (Lipinski definition) is 3. The maximum Gasteiger partial charge on any atom is 0.0619 e. The largest absolute Gasteiger partial charge is 0.383 e. The first kappa shape index (κ1) is 13.1. The summed E-state index contributed by atoms with van der Waals surface area (Å²) >= 11 is 0. The van der Waals surface area contributed by atoms with E-state index in [0.29, 0.717) is 6.04 Å². The Labute approximate surface area is 98.2 Å². The van der Waals surface area contributed by atoms with Crippen LogP contribution < -0.4 is 5.32 Å². The van der Waals surface area contributed by atoms with Crippen LogP contribution in [0.4, 0.5) is 0 Å². The molecule has 3 nitrogen and oxygen atoms in total. The fourth-order valence-electron chi connectivity index (χ4n) is 1.74. The van der Waals surface area contributed by atoms with Gasteiger partial charge >= 0.3 is 0 Å². The minimum atomic E-state index is 0.394. The van der Waals surface area contributed by atoms with Crippen molar-refractivity contribution in [2.75, 3.05) is 20.3 Å². The molecule has 0 amide bonds. The van der Waals surface area contributed by atoms with Crippen LogP contribution in [0.5, 0.6) is 0 Å². The standard InChI is InChI=1S/C13H22N2O/c1-4-6-15-13(10-16-3)8-12-5-7-14-9-11(12)2/h5,7,9,13,15H,4,6,8,10H2,1-3H3. The number of pyridine rings is 1. The summed E-state index contributed by atoms with van der Waals surface area (Å²) in [6, 6.07) is 2.48. The number of rotatable bonds is 7. The molecule has 1 aromatic rings. The molecule has 16 heavy (non-hydrogen) atoms. The lowest BCUT2D eigenvalue weighted by atomic mass is 10.0. The van der Waals surface area contributed by atoms with Crippen molar-refractivity contribution in [3.63, 3.8) is 0 Å². The van der Waals surface area contributed by atoms with Crippen molar-refractivity contribution in [1.82, 2.24) is 10.3 Å². The van der Waals surface area contributed by atoms with Crippen molar-refractivity contribution >= 4 is 0 Å². The molecule has 0 bridgehead atoms. The molecule has 0 saturated carbocycles. The van der Waals surface area contributed by atoms with E-state index in [2.05, 4.69) is 30.2 Å². The highest BCUT2D eigenvalue weighted by Gasteiger charge is 2.09. The van der Waals surface area contributed by atoms with Gasteiger partial charge in [0.05, 0.1) is 6.61 Å². The summed E-state index contributed by atoms with van der Waals surface area (Å²) in [7, 11) is 1.75. The van der Waals surface area contributed by atoms with Crippen LogP contribution in [0.2, 0.25) is 0 Å². The van der Waals surface area contributed by atoms with Crippen LogP contribution in [0.15, 0.2) is 18.5 Å². The number of nitrogens with zero attached hydrogens (tertiary/aromatic N) is 1. The van der Waals surface area contributed by atoms with Crippen LogP contribution in [-0.2, 0) is 11.2 Å². The predicted molar refractivity (Wildman–Crippen MR) is 66.6 cm³/mol. The lowest BCUT2D eigenvalue weighted by Gasteiger charge is -2.18. The van der Waals surface area contributed by atoms with E-state index >= 15 is 0 Å². The van der Waals surface area contributed by atoms with Crippen molar-refractivity contribution < 1.29 is 4.74 Å². The zero-order valence-corrected chi connectivity index (χ0v) is 10.5. The highest BCUT2D eigenvalue weighted by atomic mass is 16.5. The van der Waals surface area contributed by atoms with E-state index in [0.717, 1.165) is 26.0 Å². The molecular weight excluding hydrogens is 200 g/mol. The van der Waals surface area contributed by atoms with E-state index in [1.165, 1.54) is 11.1 Å². The number of nitrogens with one attached hydrogen (secondary N) is 1. The first-order chi connectivity index (χ1) is 7.77. The van der Waals surface area contributed by atoms with Gasteiger partial charge in [-0.3, -0.25) is 4.98 Å². The zero-order valence-electron chi connectivity index (χ0n) is 10.5. The molecule has 0 aliphatic carbocycles. The minimum Gasteiger partial charge on any atom is -0.383 e. The van der Waals surface area contributed by atoms with Gasteiger partial charge in [0, 0.05) is 25.5 Å². The summed E-state index contributed by atoms with van der Waals surface area (Å²) in [5.74, 6) is 0. The Morgan fingerprint density at radius 3 is 2.94 bits per heavy atom. The van der Waals surface area contributed by atoms with Crippen LogP contribution in [0, 0.1) is 6.92 Å². The maximum atomic E-state index is 5.23. The van der Waals surface area contributed by atoms with E-state index in [9.17, 15) is 0 Å². The maximum absolute atomic E-state index is 5.23. The van der Waals surface area contributed by atoms with Crippen molar-refractivity contribution in [2.45, 2.75) is 32.7 Å². The second-order valence-corrected chi connectivity index (χ2v) is 4.11. The molecule has 1 unspecified atom stereocenters. The molecular formula is C13H22N2O. The molecule has 0 radical (unpaired) electrons. The molecule has 3 heteroatoms. The van der Waals surface area contributed by atoms with Gasteiger partial charge in [-0.05, 0) is 43.5 Å². The van der Waals surface area contributed by atoms with Gasteiger partial charge in [0.2, 0.25) is 0 Å². The van der Waals surface area contributed by atoms with Crippen molar-refractivity contribution in [1.29, 1.82) is 0 Å². The molecule has 0 aromatic carbocycles. The third-order valence-corrected chi connectivity index (χ3v) is 2.65. The fraction of sp³-hybridized carbons (Fsp3) is 0.615. The van der Waals surface area contributed by atoms with E-state index in [4.69, 9.17) is 4.74 Å². The topological polar surface area (TPSA) is 34.1 Å². The van der Waals surface area contributed by atoms with Gasteiger partial charge < -0.3 is 10.1 Å². The average molecular weight is 222 g/mol. The fourth-order valence-corrected chi connectivity index (χ4v) is 1.74. The van der Waals surface area contributed by atoms with Crippen molar-refractivity contribution in [3.05, 3.63) is 29.6 Å². The van der Waals surface area contributed by atoms with Gasteiger partial charge in [-0.15, -0.1) is 0 Å². The molecule has 1 heterocycles. The van der Waals surface area contributed by atoms with Crippen LogP contribution >= 0.6 is 0 Å². The van der Waals surface area contributed by atoms with Crippen molar-refractivity contribution in [3.8, 4) is 0 Å². The summed E-state index contributed by atoms with van der Waals surface area (Å²) < 4.78 is 5.23. The summed E-state index contributed by atoms with van der Waals surface area (Å²) in [6.07, 6.45) is 5.92. The Morgan fingerprint density at radius 2 is 2.31 bits per heavy atom. The second-order valence-electron chi connectivity index (χ2n) is 4.11. The minimum absolute atomic E-state index is 0.394. The molecule has 1 rings (SSSR count). The zero-order chi connectivity index (χ0) is 11.8. The molecule has 1 atom stereocenters. The van der Waals surface area contributed by atoms with Crippen molar-refractivity contribution in [2.24, 2.45) is 0 Å². The lowest BCUT2D eigenvalue weighted by molar-refractivity contribution is 0.166. The van der Waals surface area contributed by atoms with E-state index in [1.807, 2.05) is 12.4 Å². The number of hydrogen-bond donors (Lipinski definition) is 1. The smallest absolute Gasteiger partial charge is 0.0619 e. The van der Waals surface area contributed by atoms with Gasteiger partial charge in [0.25, 0.3) is 0 Å². The Balaban J connectivity index is 2.56. The lowest BCUT2D eigenvalue weighted by Crippen LogP contribution is -2.35. The van der Waals surface area contributed by atoms with Gasteiger partial charge in [-0.2, -0.15) is 0 Å². The molecule has 0 fully saturated rings. The van der Waals surface area contributed by atoms with Crippen LogP contribution in [0.3, 0.4) is 0 Å². The van der Waals surface area contributed by atoms with Gasteiger partial charge in [0.1, 0.15) is 0 Å². The number of aryl methyl sites for hydroxylation is 1. The van der Waals surface area contributed by atoms with Gasteiger partial charge in [0.15, 0.2) is 0 Å². The predicted octanol–water partition coefficient (Wildman–Crippen LogP) is 1.95. The van der Waals surface area contributed by atoms with Gasteiger partial charge in [-0.1, -0.05) is 6.92 Å².